The molecule has 0 saturated carbocycles. The van der Waals surface area contributed by atoms with Crippen molar-refractivity contribution < 1.29 is 8.42 Å². The Labute approximate surface area is 153 Å². The summed E-state index contributed by atoms with van der Waals surface area (Å²) in [5, 5.41) is 11.9. The van der Waals surface area contributed by atoms with Crippen LogP contribution in [0.25, 0.3) is 0 Å². The summed E-state index contributed by atoms with van der Waals surface area (Å²) in [6.45, 7) is 1.81. The molecule has 2 aromatic carbocycles. The molecule has 2 aromatic rings. The predicted octanol–water partition coefficient (Wildman–Crippen LogP) is 4.01. The van der Waals surface area contributed by atoms with E-state index in [1.54, 1.807) is 24.3 Å². The summed E-state index contributed by atoms with van der Waals surface area (Å²) in [5.74, 6) is 0. The normalized spacial score (nSPS) is 12.3. The highest BCUT2D eigenvalue weighted by Gasteiger charge is 2.12. The molecule has 1 N–H and O–H groups in total. The van der Waals surface area contributed by atoms with Crippen molar-refractivity contribution >= 4 is 33.3 Å². The molecule has 0 saturated heterocycles. The van der Waals surface area contributed by atoms with E-state index in [0.29, 0.717) is 11.4 Å². The van der Waals surface area contributed by atoms with Crippen LogP contribution in [0.5, 0.6) is 0 Å². The second-order valence-electron chi connectivity index (χ2n) is 5.50. The quantitative estimate of drug-likeness (QED) is 0.453. The lowest BCUT2D eigenvalue weighted by Crippen LogP contribution is -2.17. The van der Waals surface area contributed by atoms with Crippen molar-refractivity contribution in [2.24, 2.45) is 15.3 Å². The summed E-state index contributed by atoms with van der Waals surface area (Å²) in [4.78, 5) is 4.23. The first kappa shape index (κ1) is 19.3. The molecule has 0 aliphatic carbocycles. The Balaban J connectivity index is 2.06. The summed E-state index contributed by atoms with van der Waals surface area (Å²) in [5.41, 5.74) is 2.34. The van der Waals surface area contributed by atoms with Gasteiger partial charge in [-0.3, -0.25) is 0 Å². The van der Waals surface area contributed by atoms with Gasteiger partial charge >= 0.3 is 0 Å². The smallest absolute Gasteiger partial charge is 0.276 e. The number of allylic oxidation sites excluding steroid dienone is 2. The highest BCUT2D eigenvalue weighted by Crippen LogP contribution is 2.22. The van der Waals surface area contributed by atoms with Gasteiger partial charge in [0, 0.05) is 26.0 Å². The van der Waals surface area contributed by atoms with Crippen LogP contribution in [0.3, 0.4) is 0 Å². The minimum Gasteiger partial charge on any atom is -0.378 e. The third kappa shape index (κ3) is 5.52. The number of hydrazone groups is 1. The van der Waals surface area contributed by atoms with Gasteiger partial charge in [-0.15, -0.1) is 0 Å². The van der Waals surface area contributed by atoms with Crippen LogP contribution in [0.4, 0.5) is 17.1 Å². The summed E-state index contributed by atoms with van der Waals surface area (Å²) >= 11 is 0. The van der Waals surface area contributed by atoms with E-state index in [0.717, 1.165) is 5.69 Å². The van der Waals surface area contributed by atoms with E-state index in [9.17, 15) is 8.42 Å². The first-order valence-corrected chi connectivity index (χ1v) is 9.36. The average Bonchev–Trinajstić information content (AvgIpc) is 2.64. The Bertz CT molecular complexity index is 900. The number of azo groups is 1. The molecule has 0 atom stereocenters. The van der Waals surface area contributed by atoms with Crippen molar-refractivity contribution in [2.75, 3.05) is 19.0 Å². The van der Waals surface area contributed by atoms with Gasteiger partial charge in [-0.05, 0) is 61.5 Å². The molecule has 0 amide bonds. The van der Waals surface area contributed by atoms with E-state index < -0.39 is 10.0 Å². The van der Waals surface area contributed by atoms with Crippen molar-refractivity contribution in [1.29, 1.82) is 0 Å². The van der Waals surface area contributed by atoms with Gasteiger partial charge in [-0.1, -0.05) is 6.08 Å². The van der Waals surface area contributed by atoms with Crippen LogP contribution in [0.15, 0.2) is 80.9 Å². The van der Waals surface area contributed by atoms with Crippen LogP contribution in [0.1, 0.15) is 6.92 Å². The van der Waals surface area contributed by atoms with Crippen LogP contribution in [0, 0.1) is 0 Å². The van der Waals surface area contributed by atoms with Crippen LogP contribution in [0.2, 0.25) is 0 Å². The highest BCUT2D eigenvalue weighted by molar-refractivity contribution is 7.89. The van der Waals surface area contributed by atoms with Gasteiger partial charge in [0.05, 0.1) is 16.3 Å². The van der Waals surface area contributed by atoms with E-state index in [1.165, 1.54) is 18.3 Å². The summed E-state index contributed by atoms with van der Waals surface area (Å²) in [6, 6.07) is 13.7. The fourth-order valence-corrected chi connectivity index (χ4v) is 2.71. The second-order valence-corrected chi connectivity index (χ2v) is 7.16. The number of nitrogens with one attached hydrogen (secondary N) is 1. The first-order chi connectivity index (χ1) is 12.4. The number of anilines is 1. The van der Waals surface area contributed by atoms with Crippen molar-refractivity contribution in [1.82, 2.24) is 4.83 Å². The van der Waals surface area contributed by atoms with Crippen molar-refractivity contribution in [3.05, 3.63) is 60.7 Å². The number of sulfonamides is 1. The molecule has 7 nitrogen and oxygen atoms in total. The fraction of sp³-hybridized carbons (Fsp3) is 0.167. The molecule has 0 fully saturated rings. The second kappa shape index (κ2) is 8.91. The standard InChI is InChI=1S/C18H21N5O2S/c1-4-5-14-19-22-26(24,25)18-12-8-16(9-13-18)21-20-15-6-10-17(11-7-15)23(2)3/h4-14,22H,1-3H3/b5-4+,19-14+,21-20?. The molecule has 0 bridgehead atoms. The first-order valence-electron chi connectivity index (χ1n) is 7.88. The van der Waals surface area contributed by atoms with E-state index in [2.05, 4.69) is 20.2 Å². The maximum Gasteiger partial charge on any atom is 0.276 e. The van der Waals surface area contributed by atoms with Crippen molar-refractivity contribution in [3.63, 3.8) is 0 Å². The summed E-state index contributed by atoms with van der Waals surface area (Å²) < 4.78 is 24.1. The summed E-state index contributed by atoms with van der Waals surface area (Å²) in [6.07, 6.45) is 4.73. The zero-order valence-electron chi connectivity index (χ0n) is 14.9. The molecule has 26 heavy (non-hydrogen) atoms. The molecule has 8 heteroatoms. The third-order valence-electron chi connectivity index (χ3n) is 3.32. The lowest BCUT2D eigenvalue weighted by molar-refractivity contribution is 0.584. The number of hydrogen-bond acceptors (Lipinski definition) is 6. The van der Waals surface area contributed by atoms with Gasteiger partial charge in [-0.25, -0.2) is 4.83 Å². The minimum atomic E-state index is -3.70. The average molecular weight is 371 g/mol. The fourth-order valence-electron chi connectivity index (χ4n) is 1.91. The molecule has 0 heterocycles. The molecule has 2 rings (SSSR count). The van der Waals surface area contributed by atoms with E-state index in [-0.39, 0.29) is 4.90 Å². The van der Waals surface area contributed by atoms with Crippen LogP contribution in [-0.2, 0) is 10.0 Å². The third-order valence-corrected chi connectivity index (χ3v) is 4.56. The SMILES string of the molecule is C/C=C/C=N/NS(=O)(=O)c1ccc(N=Nc2ccc(N(C)C)cc2)cc1. The molecule has 0 unspecified atom stereocenters. The Hall–Kier alpha value is -3.00. The highest BCUT2D eigenvalue weighted by atomic mass is 32.2. The maximum atomic E-state index is 12.1. The van der Waals surface area contributed by atoms with Gasteiger partial charge in [0.1, 0.15) is 0 Å². The van der Waals surface area contributed by atoms with Gasteiger partial charge in [0.2, 0.25) is 0 Å². The number of nitrogens with zero attached hydrogens (tertiary/aromatic N) is 4. The zero-order valence-corrected chi connectivity index (χ0v) is 15.7. The van der Waals surface area contributed by atoms with E-state index >= 15 is 0 Å². The summed E-state index contributed by atoms with van der Waals surface area (Å²) in [7, 11) is 0.234. The molecule has 136 valence electrons. The zero-order chi connectivity index (χ0) is 19.0. The molecule has 0 aromatic heterocycles. The molecule has 0 radical (unpaired) electrons. The van der Waals surface area contributed by atoms with Crippen LogP contribution in [-0.4, -0.2) is 28.7 Å². The van der Waals surface area contributed by atoms with E-state index in [4.69, 9.17) is 0 Å². The minimum absolute atomic E-state index is 0.101. The topological polar surface area (TPSA) is 86.5 Å². The molecular weight excluding hydrogens is 350 g/mol. The molecule has 0 aliphatic heterocycles. The van der Waals surface area contributed by atoms with E-state index in [1.807, 2.05) is 50.2 Å². The van der Waals surface area contributed by atoms with Gasteiger partial charge < -0.3 is 4.90 Å². The Morgan fingerprint density at radius 3 is 1.96 bits per heavy atom. The van der Waals surface area contributed by atoms with Gasteiger partial charge in [0.15, 0.2) is 0 Å². The predicted molar refractivity (Wildman–Crippen MR) is 105 cm³/mol. The number of benzene rings is 2. The largest absolute Gasteiger partial charge is 0.378 e. The molecule has 0 aliphatic rings. The monoisotopic (exact) mass is 371 g/mol. The molecule has 0 spiro atoms. The lowest BCUT2D eigenvalue weighted by Gasteiger charge is -2.11. The van der Waals surface area contributed by atoms with Crippen LogP contribution < -0.4 is 9.73 Å². The van der Waals surface area contributed by atoms with Gasteiger partial charge in [-0.2, -0.15) is 23.7 Å². The van der Waals surface area contributed by atoms with Crippen molar-refractivity contribution in [3.8, 4) is 0 Å². The Kier molecular flexibility index (Phi) is 6.62. The van der Waals surface area contributed by atoms with Crippen molar-refractivity contribution in [2.45, 2.75) is 11.8 Å². The number of hydrogen-bond donors (Lipinski definition) is 1. The van der Waals surface area contributed by atoms with Gasteiger partial charge in [0.25, 0.3) is 10.0 Å². The maximum absolute atomic E-state index is 12.1. The lowest BCUT2D eigenvalue weighted by atomic mass is 10.3. The Morgan fingerprint density at radius 1 is 0.923 bits per heavy atom. The van der Waals surface area contributed by atoms with Crippen LogP contribution >= 0.6 is 0 Å². The number of rotatable bonds is 7. The molecular formula is C18H21N5O2S. The Morgan fingerprint density at radius 2 is 1.46 bits per heavy atom.